The maximum atomic E-state index is 11.1. The van der Waals surface area contributed by atoms with Crippen LogP contribution in [0.15, 0.2) is 0 Å². The van der Waals surface area contributed by atoms with Crippen molar-refractivity contribution in [2.45, 2.75) is 38.2 Å². The molecule has 0 N–H and O–H groups in total. The zero-order chi connectivity index (χ0) is 9.52. The van der Waals surface area contributed by atoms with Crippen LogP contribution in [-0.2, 0) is 14.3 Å². The van der Waals surface area contributed by atoms with Gasteiger partial charge in [0.25, 0.3) is 0 Å². The van der Waals surface area contributed by atoms with Gasteiger partial charge in [0.1, 0.15) is 5.78 Å². The van der Waals surface area contributed by atoms with E-state index in [0.717, 1.165) is 32.3 Å². The first-order valence-electron chi connectivity index (χ1n) is 4.95. The van der Waals surface area contributed by atoms with Gasteiger partial charge in [-0.1, -0.05) is 0 Å². The summed E-state index contributed by atoms with van der Waals surface area (Å²) in [5.74, 6) is 0.350. The molecule has 0 aromatic rings. The van der Waals surface area contributed by atoms with Gasteiger partial charge < -0.3 is 9.47 Å². The first-order valence-corrected chi connectivity index (χ1v) is 4.95. The largest absolute Gasteiger partial charge is 0.385 e. The van der Waals surface area contributed by atoms with Crippen molar-refractivity contribution in [1.82, 2.24) is 0 Å². The number of carbonyl (C=O) groups excluding carboxylic acids is 1. The summed E-state index contributed by atoms with van der Waals surface area (Å²) in [4.78, 5) is 11.1. The summed E-state index contributed by atoms with van der Waals surface area (Å²) in [6, 6.07) is 0. The number of hydrogen-bond acceptors (Lipinski definition) is 3. The van der Waals surface area contributed by atoms with Gasteiger partial charge in [0.05, 0.1) is 6.10 Å². The summed E-state index contributed by atoms with van der Waals surface area (Å²) in [7, 11) is 1.68. The fourth-order valence-corrected chi connectivity index (χ4v) is 1.58. The van der Waals surface area contributed by atoms with E-state index in [2.05, 4.69) is 0 Å². The Labute approximate surface area is 79.4 Å². The summed E-state index contributed by atoms with van der Waals surface area (Å²) in [6.45, 7) is 1.45. The minimum Gasteiger partial charge on any atom is -0.385 e. The zero-order valence-electron chi connectivity index (χ0n) is 8.25. The lowest BCUT2D eigenvalue weighted by molar-refractivity contribution is -0.124. The van der Waals surface area contributed by atoms with Crippen LogP contribution in [0.25, 0.3) is 0 Å². The van der Waals surface area contributed by atoms with E-state index in [-0.39, 0.29) is 6.10 Å². The van der Waals surface area contributed by atoms with Crippen molar-refractivity contribution >= 4 is 5.78 Å². The van der Waals surface area contributed by atoms with Crippen molar-refractivity contribution in [1.29, 1.82) is 0 Å². The van der Waals surface area contributed by atoms with Gasteiger partial charge in [-0.2, -0.15) is 0 Å². The molecule has 1 fully saturated rings. The van der Waals surface area contributed by atoms with Gasteiger partial charge in [0, 0.05) is 33.2 Å². The molecule has 0 heterocycles. The van der Waals surface area contributed by atoms with Gasteiger partial charge in [-0.05, 0) is 19.3 Å². The van der Waals surface area contributed by atoms with Crippen molar-refractivity contribution in [3.63, 3.8) is 0 Å². The predicted octanol–water partition coefficient (Wildman–Crippen LogP) is 1.55. The molecule has 0 amide bonds. The van der Waals surface area contributed by atoms with Crippen molar-refractivity contribution in [2.24, 2.45) is 0 Å². The van der Waals surface area contributed by atoms with E-state index in [1.54, 1.807) is 7.11 Å². The Bertz CT molecular complexity index is 156. The van der Waals surface area contributed by atoms with E-state index >= 15 is 0 Å². The van der Waals surface area contributed by atoms with E-state index in [0.29, 0.717) is 18.8 Å². The number of hydrogen-bond donors (Lipinski definition) is 0. The van der Waals surface area contributed by atoms with Gasteiger partial charge in [-0.25, -0.2) is 0 Å². The number of carbonyl (C=O) groups is 1. The lowest BCUT2D eigenvalue weighted by Crippen LogP contribution is -2.23. The smallest absolute Gasteiger partial charge is 0.135 e. The Hall–Kier alpha value is -0.410. The molecule has 3 heteroatoms. The summed E-state index contributed by atoms with van der Waals surface area (Å²) >= 11 is 0. The average Bonchev–Trinajstić information content (AvgIpc) is 2.13. The average molecular weight is 186 g/mol. The molecule has 1 unspecified atom stereocenters. The molecule has 0 saturated heterocycles. The van der Waals surface area contributed by atoms with Crippen molar-refractivity contribution in [3.8, 4) is 0 Å². The molecule has 1 saturated carbocycles. The molecule has 0 bridgehead atoms. The zero-order valence-corrected chi connectivity index (χ0v) is 8.25. The van der Waals surface area contributed by atoms with Gasteiger partial charge in [0.2, 0.25) is 0 Å². The Morgan fingerprint density at radius 1 is 1.46 bits per heavy atom. The van der Waals surface area contributed by atoms with Crippen LogP contribution in [0.4, 0.5) is 0 Å². The lowest BCUT2D eigenvalue weighted by atomic mass is 9.96. The van der Waals surface area contributed by atoms with Crippen molar-refractivity contribution in [2.75, 3.05) is 20.3 Å². The monoisotopic (exact) mass is 186 g/mol. The van der Waals surface area contributed by atoms with Crippen molar-refractivity contribution in [3.05, 3.63) is 0 Å². The molecule has 0 aromatic heterocycles. The molecule has 0 aliphatic heterocycles. The van der Waals surface area contributed by atoms with Gasteiger partial charge >= 0.3 is 0 Å². The minimum absolute atomic E-state index is 0.179. The third-order valence-electron chi connectivity index (χ3n) is 2.28. The van der Waals surface area contributed by atoms with E-state index in [4.69, 9.17) is 9.47 Å². The van der Waals surface area contributed by atoms with Crippen LogP contribution in [0, 0.1) is 0 Å². The normalized spacial score (nSPS) is 23.5. The summed E-state index contributed by atoms with van der Waals surface area (Å²) in [6.07, 6.45) is 4.50. The van der Waals surface area contributed by atoms with Gasteiger partial charge in [-0.15, -0.1) is 0 Å². The highest BCUT2D eigenvalue weighted by Gasteiger charge is 2.19. The minimum atomic E-state index is 0.179. The standard InChI is InChI=1S/C10H18O3/c1-12-6-3-7-13-10-5-2-4-9(11)8-10/h10H,2-8H2,1H3. The highest BCUT2D eigenvalue weighted by molar-refractivity contribution is 5.79. The number of Topliss-reactive ketones (excluding diaryl/α,β-unsaturated/α-hetero) is 1. The molecular weight excluding hydrogens is 168 g/mol. The number of rotatable bonds is 5. The molecule has 1 aliphatic carbocycles. The third-order valence-corrected chi connectivity index (χ3v) is 2.28. The molecule has 1 rings (SSSR count). The molecule has 1 aliphatic rings. The molecule has 0 spiro atoms. The second-order valence-electron chi connectivity index (χ2n) is 3.47. The highest BCUT2D eigenvalue weighted by Crippen LogP contribution is 2.17. The van der Waals surface area contributed by atoms with Crippen LogP contribution >= 0.6 is 0 Å². The SMILES string of the molecule is COCCCOC1CCCC(=O)C1. The van der Waals surface area contributed by atoms with Crippen LogP contribution in [-0.4, -0.2) is 32.2 Å². The first-order chi connectivity index (χ1) is 6.33. The Balaban J connectivity index is 2.03. The molecule has 1 atom stereocenters. The number of methoxy groups -OCH3 is 1. The highest BCUT2D eigenvalue weighted by atomic mass is 16.5. The molecule has 3 nitrogen and oxygen atoms in total. The predicted molar refractivity (Wildman–Crippen MR) is 49.7 cm³/mol. The molecule has 76 valence electrons. The fraction of sp³-hybridized carbons (Fsp3) is 0.900. The first kappa shape index (κ1) is 10.7. The molecule has 0 aromatic carbocycles. The Kier molecular flexibility index (Phi) is 5.01. The summed E-state index contributed by atoms with van der Waals surface area (Å²) in [5.41, 5.74) is 0. The molecule has 13 heavy (non-hydrogen) atoms. The number of ether oxygens (including phenoxy) is 2. The van der Waals surface area contributed by atoms with Crippen LogP contribution in [0.5, 0.6) is 0 Å². The van der Waals surface area contributed by atoms with E-state index < -0.39 is 0 Å². The second kappa shape index (κ2) is 6.11. The van der Waals surface area contributed by atoms with Crippen LogP contribution in [0.2, 0.25) is 0 Å². The van der Waals surface area contributed by atoms with Crippen molar-refractivity contribution < 1.29 is 14.3 Å². The van der Waals surface area contributed by atoms with E-state index in [9.17, 15) is 4.79 Å². The summed E-state index contributed by atoms with van der Waals surface area (Å²) < 4.78 is 10.5. The maximum absolute atomic E-state index is 11.1. The topological polar surface area (TPSA) is 35.5 Å². The quantitative estimate of drug-likeness (QED) is 0.611. The van der Waals surface area contributed by atoms with E-state index in [1.165, 1.54) is 0 Å². The number of ketones is 1. The maximum Gasteiger partial charge on any atom is 0.135 e. The fourth-order valence-electron chi connectivity index (χ4n) is 1.58. The van der Waals surface area contributed by atoms with Gasteiger partial charge in [0.15, 0.2) is 0 Å². The molecule has 0 radical (unpaired) electrons. The Morgan fingerprint density at radius 3 is 3.00 bits per heavy atom. The molecular formula is C10H18O3. The van der Waals surface area contributed by atoms with Gasteiger partial charge in [-0.3, -0.25) is 4.79 Å². The third kappa shape index (κ3) is 4.39. The van der Waals surface area contributed by atoms with Crippen LogP contribution < -0.4 is 0 Å². The van der Waals surface area contributed by atoms with Crippen LogP contribution in [0.1, 0.15) is 32.1 Å². The van der Waals surface area contributed by atoms with Crippen LogP contribution in [0.3, 0.4) is 0 Å². The lowest BCUT2D eigenvalue weighted by Gasteiger charge is -2.20. The second-order valence-corrected chi connectivity index (χ2v) is 3.47. The Morgan fingerprint density at radius 2 is 2.31 bits per heavy atom. The summed E-state index contributed by atoms with van der Waals surface area (Å²) in [5, 5.41) is 0. The van der Waals surface area contributed by atoms with E-state index in [1.807, 2.05) is 0 Å².